The molecule has 0 spiro atoms. The first-order valence-electron chi connectivity index (χ1n) is 12.8. The second-order valence-corrected chi connectivity index (χ2v) is 11.3. The lowest BCUT2D eigenvalue weighted by Gasteiger charge is -2.56. The number of carbonyl (C=O) groups excluding carboxylic acids is 1. The fraction of sp³-hybridized carbons (Fsp3) is 0.481. The van der Waals surface area contributed by atoms with Gasteiger partial charge >= 0.3 is 6.09 Å². The van der Waals surface area contributed by atoms with E-state index in [0.29, 0.717) is 35.4 Å². The molecule has 0 aromatic carbocycles. The maximum absolute atomic E-state index is 13.9. The number of anilines is 2. The van der Waals surface area contributed by atoms with Gasteiger partial charge in [-0.2, -0.15) is 10.4 Å². The molecule has 0 N–H and O–H groups in total. The highest BCUT2D eigenvalue weighted by Gasteiger charge is 2.49. The largest absolute Gasteiger partial charge is 0.444 e. The highest BCUT2D eigenvalue weighted by molar-refractivity contribution is 5.86. The van der Waals surface area contributed by atoms with Gasteiger partial charge in [0.25, 0.3) is 5.92 Å². The van der Waals surface area contributed by atoms with Gasteiger partial charge in [0.2, 0.25) is 0 Å². The van der Waals surface area contributed by atoms with Crippen LogP contribution in [-0.4, -0.2) is 75.4 Å². The van der Waals surface area contributed by atoms with Crippen molar-refractivity contribution in [3.05, 3.63) is 42.4 Å². The second-order valence-electron chi connectivity index (χ2n) is 11.3. The van der Waals surface area contributed by atoms with Gasteiger partial charge in [-0.1, -0.05) is 0 Å². The van der Waals surface area contributed by atoms with Crippen molar-refractivity contribution in [1.82, 2.24) is 19.5 Å². The summed E-state index contributed by atoms with van der Waals surface area (Å²) in [5.41, 5.74) is 2.59. The number of hydrogen-bond donors (Lipinski definition) is 0. The Labute approximate surface area is 219 Å². The smallest absolute Gasteiger partial charge is 0.410 e. The molecule has 2 unspecified atom stereocenters. The van der Waals surface area contributed by atoms with Gasteiger partial charge in [-0.15, -0.1) is 0 Å². The van der Waals surface area contributed by atoms with Crippen LogP contribution in [0.25, 0.3) is 16.6 Å². The van der Waals surface area contributed by atoms with E-state index < -0.39 is 11.5 Å². The summed E-state index contributed by atoms with van der Waals surface area (Å²) in [5, 5.41) is 13.9. The Hall–Kier alpha value is -3.94. The van der Waals surface area contributed by atoms with Crippen LogP contribution in [0.1, 0.15) is 39.2 Å². The number of fused-ring (bicyclic) bond motifs is 3. The molecule has 3 aromatic heterocycles. The van der Waals surface area contributed by atoms with Crippen LogP contribution in [0, 0.1) is 11.3 Å². The summed E-state index contributed by atoms with van der Waals surface area (Å²) in [6.07, 6.45) is 5.41. The highest BCUT2D eigenvalue weighted by atomic mass is 19.3. The molecular formula is C27H29F2N7O2. The van der Waals surface area contributed by atoms with Crippen LogP contribution in [0.4, 0.5) is 25.1 Å². The minimum absolute atomic E-state index is 0.0879. The summed E-state index contributed by atoms with van der Waals surface area (Å²) in [7, 11) is 0. The number of piperazine rings is 1. The van der Waals surface area contributed by atoms with Crippen LogP contribution in [0.2, 0.25) is 0 Å². The third-order valence-electron chi connectivity index (χ3n) is 7.43. The van der Waals surface area contributed by atoms with Crippen molar-refractivity contribution < 1.29 is 18.3 Å². The molecule has 0 saturated carbocycles. The number of halogens is 2. The molecule has 7 heterocycles. The maximum atomic E-state index is 13.9. The van der Waals surface area contributed by atoms with Crippen molar-refractivity contribution in [2.75, 3.05) is 36.0 Å². The quantitative estimate of drug-likeness (QED) is 0.507. The van der Waals surface area contributed by atoms with Gasteiger partial charge in [0.1, 0.15) is 17.5 Å². The topological polar surface area (TPSA) is 90.0 Å². The van der Waals surface area contributed by atoms with Crippen molar-refractivity contribution in [2.24, 2.45) is 0 Å². The van der Waals surface area contributed by atoms with Gasteiger partial charge < -0.3 is 14.5 Å². The van der Waals surface area contributed by atoms with Crippen molar-refractivity contribution in [3.63, 3.8) is 0 Å². The first-order valence-corrected chi connectivity index (χ1v) is 12.8. The van der Waals surface area contributed by atoms with E-state index in [-0.39, 0.29) is 37.7 Å². The number of aromatic nitrogens is 3. The predicted octanol–water partition coefficient (Wildman–Crippen LogP) is 4.31. The van der Waals surface area contributed by atoms with E-state index in [1.54, 1.807) is 21.8 Å². The zero-order valence-electron chi connectivity index (χ0n) is 21.6. The normalized spacial score (nSPS) is 22.4. The average Bonchev–Trinajstić information content (AvgIpc) is 3.44. The van der Waals surface area contributed by atoms with Gasteiger partial charge in [0.05, 0.1) is 47.8 Å². The lowest BCUT2D eigenvalue weighted by molar-refractivity contribution is -0.0380. The highest BCUT2D eigenvalue weighted by Crippen LogP contribution is 2.38. The number of nitrogens with zero attached hydrogens (tertiary/aromatic N) is 7. The number of nitriles is 1. The summed E-state index contributed by atoms with van der Waals surface area (Å²) in [5.74, 6) is -1.93. The fourth-order valence-corrected chi connectivity index (χ4v) is 5.68. The van der Waals surface area contributed by atoms with Crippen molar-refractivity contribution in [3.8, 4) is 17.2 Å². The summed E-state index contributed by atoms with van der Waals surface area (Å²) >= 11 is 0. The van der Waals surface area contributed by atoms with Crippen molar-refractivity contribution in [1.29, 1.82) is 5.26 Å². The molecule has 1 amide bonds. The first kappa shape index (κ1) is 24.4. The molecule has 4 aliphatic rings. The molecule has 2 atom stereocenters. The van der Waals surface area contributed by atoms with Crippen LogP contribution in [0.3, 0.4) is 0 Å². The average molecular weight is 522 g/mol. The van der Waals surface area contributed by atoms with E-state index in [9.17, 15) is 18.8 Å². The Morgan fingerprint density at radius 2 is 1.95 bits per heavy atom. The molecule has 0 aliphatic carbocycles. The minimum atomic E-state index is -2.73. The van der Waals surface area contributed by atoms with E-state index >= 15 is 0 Å². The zero-order valence-corrected chi connectivity index (χ0v) is 21.6. The van der Waals surface area contributed by atoms with Crippen LogP contribution in [0.5, 0.6) is 0 Å². The molecule has 4 fully saturated rings. The second kappa shape index (κ2) is 8.55. The van der Waals surface area contributed by atoms with E-state index in [4.69, 9.17) is 9.72 Å². The summed E-state index contributed by atoms with van der Waals surface area (Å²) in [4.78, 5) is 22.9. The monoisotopic (exact) mass is 521 g/mol. The number of pyridine rings is 2. The molecule has 7 rings (SSSR count). The lowest BCUT2D eigenvalue weighted by atomic mass is 9.88. The Morgan fingerprint density at radius 1 is 1.18 bits per heavy atom. The Balaban J connectivity index is 1.25. The number of hydrogen-bond acceptors (Lipinski definition) is 7. The van der Waals surface area contributed by atoms with Crippen LogP contribution >= 0.6 is 0 Å². The zero-order chi connectivity index (χ0) is 26.8. The summed E-state index contributed by atoms with van der Waals surface area (Å²) in [6.45, 7) is 6.85. The summed E-state index contributed by atoms with van der Waals surface area (Å²) in [6, 6.07) is 8.04. The molecule has 198 valence electrons. The van der Waals surface area contributed by atoms with Gasteiger partial charge in [0, 0.05) is 43.4 Å². The number of carbonyl (C=O) groups is 1. The SMILES string of the molecule is CC(C)(C)OC(=O)N1C2CC1CN(c1ccc(-c3cc(N4CCC(F)(F)C4)cn4ncc(C#N)c34)cn1)C2. The van der Waals surface area contributed by atoms with E-state index in [2.05, 4.69) is 16.1 Å². The third-order valence-corrected chi connectivity index (χ3v) is 7.43. The van der Waals surface area contributed by atoms with Crippen LogP contribution < -0.4 is 9.80 Å². The molecular weight excluding hydrogens is 492 g/mol. The number of amides is 1. The van der Waals surface area contributed by atoms with Crippen molar-refractivity contribution in [2.45, 2.75) is 57.2 Å². The third kappa shape index (κ3) is 4.27. The van der Waals surface area contributed by atoms with Gasteiger partial charge in [-0.3, -0.25) is 4.90 Å². The van der Waals surface area contributed by atoms with E-state index in [1.807, 2.05) is 43.9 Å². The number of rotatable bonds is 3. The molecule has 4 aliphatic heterocycles. The number of ether oxygens (including phenoxy) is 1. The van der Waals surface area contributed by atoms with Crippen LogP contribution in [0.15, 0.2) is 36.8 Å². The van der Waals surface area contributed by atoms with Gasteiger partial charge in [-0.05, 0) is 45.4 Å². The van der Waals surface area contributed by atoms with Gasteiger partial charge in [-0.25, -0.2) is 23.1 Å². The van der Waals surface area contributed by atoms with Crippen LogP contribution in [-0.2, 0) is 4.74 Å². The minimum Gasteiger partial charge on any atom is -0.444 e. The van der Waals surface area contributed by atoms with Gasteiger partial charge in [0.15, 0.2) is 0 Å². The molecule has 38 heavy (non-hydrogen) atoms. The van der Waals surface area contributed by atoms with E-state index in [0.717, 1.165) is 17.8 Å². The lowest BCUT2D eigenvalue weighted by Crippen LogP contribution is -2.70. The standard InChI is InChI=1S/C27H29F2N7O2/c1-26(2,3)38-25(37)36-20-8-21(36)14-34(13-20)23-5-4-17(11-31-23)22-9-19(33-7-6-27(28,29)16-33)15-35-24(22)18(10-30)12-32-35/h4-5,9,11-12,15,20-21H,6-8,13-14,16H2,1-3H3. The molecule has 9 nitrogen and oxygen atoms in total. The molecule has 11 heteroatoms. The molecule has 4 saturated heterocycles. The molecule has 3 aromatic rings. The Morgan fingerprint density at radius 3 is 2.55 bits per heavy atom. The summed E-state index contributed by atoms with van der Waals surface area (Å²) < 4.78 is 35.0. The fourth-order valence-electron chi connectivity index (χ4n) is 5.68. The Kier molecular flexibility index (Phi) is 5.49. The molecule has 0 radical (unpaired) electrons. The van der Waals surface area contributed by atoms with Crippen molar-refractivity contribution >= 4 is 23.1 Å². The Bertz CT molecular complexity index is 1430. The van der Waals surface area contributed by atoms with E-state index in [1.165, 1.54) is 6.20 Å². The maximum Gasteiger partial charge on any atom is 0.410 e. The number of alkyl halides is 2. The molecule has 2 bridgehead atoms. The predicted molar refractivity (Wildman–Crippen MR) is 137 cm³/mol. The first-order chi connectivity index (χ1) is 18.0. The number of piperidine rings is 1.